The van der Waals surface area contributed by atoms with E-state index < -0.39 is 6.10 Å². The summed E-state index contributed by atoms with van der Waals surface area (Å²) in [5.41, 5.74) is 0. The molecule has 0 bridgehead atoms. The van der Waals surface area contributed by atoms with Crippen molar-refractivity contribution in [1.29, 1.82) is 0 Å². The first-order valence-electron chi connectivity index (χ1n) is 33.6. The van der Waals surface area contributed by atoms with Crippen LogP contribution in [0.4, 0.5) is 0 Å². The van der Waals surface area contributed by atoms with Gasteiger partial charge in [-0.25, -0.2) is 0 Å². The zero-order valence-corrected chi connectivity index (χ0v) is 51.1. The zero-order valence-electron chi connectivity index (χ0n) is 51.1. The molecule has 0 aromatic carbocycles. The van der Waals surface area contributed by atoms with Gasteiger partial charge < -0.3 is 14.2 Å². The molecule has 0 aliphatic carbocycles. The summed E-state index contributed by atoms with van der Waals surface area (Å²) in [6, 6.07) is 0. The van der Waals surface area contributed by atoms with Crippen molar-refractivity contribution in [3.05, 3.63) is 0 Å². The maximum absolute atomic E-state index is 12.9. The van der Waals surface area contributed by atoms with Gasteiger partial charge in [-0.05, 0) is 37.0 Å². The van der Waals surface area contributed by atoms with Gasteiger partial charge in [0, 0.05) is 19.3 Å². The van der Waals surface area contributed by atoms with Crippen LogP contribution < -0.4 is 0 Å². The molecule has 0 heterocycles. The summed E-state index contributed by atoms with van der Waals surface area (Å²) in [6.45, 7) is 13.9. The quantitative estimate of drug-likeness (QED) is 0.0343. The van der Waals surface area contributed by atoms with E-state index in [0.29, 0.717) is 19.3 Å². The Labute approximate surface area is 463 Å². The van der Waals surface area contributed by atoms with Gasteiger partial charge in [0.05, 0.1) is 0 Å². The lowest BCUT2D eigenvalue weighted by molar-refractivity contribution is -0.167. The van der Waals surface area contributed by atoms with Crippen molar-refractivity contribution in [2.24, 2.45) is 17.8 Å². The fourth-order valence-electron chi connectivity index (χ4n) is 10.6. The Balaban J connectivity index is 4.28. The Hall–Kier alpha value is -1.59. The average molecular weight is 1050 g/mol. The predicted octanol–water partition coefficient (Wildman–Crippen LogP) is 22.6. The highest BCUT2D eigenvalue weighted by atomic mass is 16.6. The molecule has 0 N–H and O–H groups in total. The van der Waals surface area contributed by atoms with Crippen LogP contribution >= 0.6 is 0 Å². The molecule has 6 nitrogen and oxygen atoms in total. The summed E-state index contributed by atoms with van der Waals surface area (Å²) < 4.78 is 17.0. The van der Waals surface area contributed by atoms with Gasteiger partial charge in [0.15, 0.2) is 6.10 Å². The second-order valence-electron chi connectivity index (χ2n) is 24.7. The van der Waals surface area contributed by atoms with Gasteiger partial charge in [-0.3, -0.25) is 14.4 Å². The third kappa shape index (κ3) is 59.7. The van der Waals surface area contributed by atoms with Crippen LogP contribution in [-0.4, -0.2) is 37.2 Å². The Kier molecular flexibility index (Phi) is 57.8. The molecule has 0 aromatic rings. The molecule has 0 aromatic heterocycles. The first-order valence-corrected chi connectivity index (χ1v) is 33.6. The molecule has 6 heteroatoms. The third-order valence-corrected chi connectivity index (χ3v) is 16.0. The monoisotopic (exact) mass is 1050 g/mol. The minimum absolute atomic E-state index is 0.0622. The number of ether oxygens (including phenoxy) is 3. The van der Waals surface area contributed by atoms with E-state index in [4.69, 9.17) is 14.2 Å². The van der Waals surface area contributed by atoms with Crippen LogP contribution in [0, 0.1) is 17.8 Å². The van der Waals surface area contributed by atoms with Gasteiger partial charge in [0.25, 0.3) is 0 Å². The van der Waals surface area contributed by atoms with E-state index in [0.717, 1.165) is 75.5 Å². The molecule has 0 aliphatic heterocycles. The smallest absolute Gasteiger partial charge is 0.306 e. The molecule has 2 atom stereocenters. The van der Waals surface area contributed by atoms with Crippen molar-refractivity contribution in [3.63, 3.8) is 0 Å². The Bertz CT molecular complexity index is 1150. The van der Waals surface area contributed by atoms with Crippen LogP contribution in [0.2, 0.25) is 0 Å². The van der Waals surface area contributed by atoms with Crippen molar-refractivity contribution in [2.45, 2.75) is 388 Å². The van der Waals surface area contributed by atoms with E-state index >= 15 is 0 Å². The number of hydrogen-bond acceptors (Lipinski definition) is 6. The number of hydrogen-bond donors (Lipinski definition) is 0. The second-order valence-corrected chi connectivity index (χ2v) is 24.7. The topological polar surface area (TPSA) is 78.9 Å². The lowest BCUT2D eigenvalue weighted by Crippen LogP contribution is -2.30. The molecule has 0 rings (SSSR count). The van der Waals surface area contributed by atoms with Crippen LogP contribution in [0.15, 0.2) is 0 Å². The fourth-order valence-corrected chi connectivity index (χ4v) is 10.6. The molecule has 0 saturated heterocycles. The molecule has 0 spiro atoms. The highest BCUT2D eigenvalue weighted by Gasteiger charge is 2.20. The Morgan fingerprint density at radius 3 is 0.703 bits per heavy atom. The van der Waals surface area contributed by atoms with E-state index in [9.17, 15) is 14.4 Å². The molecule has 0 amide bonds. The largest absolute Gasteiger partial charge is 0.462 e. The summed E-state index contributed by atoms with van der Waals surface area (Å²) in [7, 11) is 0. The van der Waals surface area contributed by atoms with E-state index in [1.54, 1.807) is 0 Å². The molecular weight excluding hydrogens is 913 g/mol. The summed E-state index contributed by atoms with van der Waals surface area (Å²) in [5, 5.41) is 0. The molecular formula is C68H132O6. The van der Waals surface area contributed by atoms with Crippen molar-refractivity contribution in [1.82, 2.24) is 0 Å². The summed E-state index contributed by atoms with van der Waals surface area (Å²) >= 11 is 0. The number of esters is 3. The van der Waals surface area contributed by atoms with Gasteiger partial charge in [-0.1, -0.05) is 343 Å². The minimum atomic E-state index is -0.765. The predicted molar refractivity (Wildman–Crippen MR) is 321 cm³/mol. The second kappa shape index (κ2) is 59.1. The molecule has 0 saturated carbocycles. The number of unbranched alkanes of at least 4 members (excludes halogenated alkanes) is 43. The summed E-state index contributed by atoms with van der Waals surface area (Å²) in [6.07, 6.45) is 65.3. The van der Waals surface area contributed by atoms with Crippen molar-refractivity contribution in [2.75, 3.05) is 13.2 Å². The number of carbonyl (C=O) groups is 3. The molecule has 74 heavy (non-hydrogen) atoms. The van der Waals surface area contributed by atoms with Gasteiger partial charge >= 0.3 is 17.9 Å². The maximum atomic E-state index is 12.9. The lowest BCUT2D eigenvalue weighted by atomic mass is 9.99. The van der Waals surface area contributed by atoms with Crippen LogP contribution in [0.3, 0.4) is 0 Å². The highest BCUT2D eigenvalue weighted by molar-refractivity contribution is 5.71. The maximum Gasteiger partial charge on any atom is 0.306 e. The third-order valence-electron chi connectivity index (χ3n) is 16.0. The van der Waals surface area contributed by atoms with Gasteiger partial charge in [-0.2, -0.15) is 0 Å². The SMILES string of the molecule is CCC(C)CCCCCCCCCCCCCCCCCCCCC(=O)O[C@@H](COC(=O)CCCCCCCCCCCCCCCCCC(C)C)COC(=O)CCCCCCCCCCCCCCCC(C)C. The molecule has 1 unspecified atom stereocenters. The average Bonchev–Trinajstić information content (AvgIpc) is 3.38. The minimum Gasteiger partial charge on any atom is -0.462 e. The first kappa shape index (κ1) is 72.4. The zero-order chi connectivity index (χ0) is 54.1. The Morgan fingerprint density at radius 2 is 0.473 bits per heavy atom. The van der Waals surface area contributed by atoms with E-state index in [1.165, 1.54) is 263 Å². The fraction of sp³-hybridized carbons (Fsp3) is 0.956. The van der Waals surface area contributed by atoms with Gasteiger partial charge in [-0.15, -0.1) is 0 Å². The summed E-state index contributed by atoms with van der Waals surface area (Å²) in [5.74, 6) is 1.77. The number of rotatable bonds is 61. The van der Waals surface area contributed by atoms with Crippen LogP contribution in [0.5, 0.6) is 0 Å². The van der Waals surface area contributed by atoms with Crippen molar-refractivity contribution in [3.8, 4) is 0 Å². The lowest BCUT2D eigenvalue weighted by Gasteiger charge is -2.18. The van der Waals surface area contributed by atoms with E-state index in [1.807, 2.05) is 0 Å². The molecule has 0 fully saturated rings. The summed E-state index contributed by atoms with van der Waals surface area (Å²) in [4.78, 5) is 38.4. The normalized spacial score (nSPS) is 12.5. The Morgan fingerprint density at radius 1 is 0.270 bits per heavy atom. The van der Waals surface area contributed by atoms with Crippen LogP contribution in [-0.2, 0) is 28.6 Å². The van der Waals surface area contributed by atoms with E-state index in [2.05, 4.69) is 41.5 Å². The molecule has 0 radical (unpaired) electrons. The first-order chi connectivity index (χ1) is 36.1. The molecule has 0 aliphatic rings. The standard InChI is InChI=1S/C68H132O6/c1-7-64(6)56-50-44-38-32-26-20-14-10-8-9-11-15-22-29-35-41-47-53-59-68(71)74-65(61-73-67(70)58-52-46-40-34-28-23-17-19-25-31-37-43-49-55-63(4)5)60-72-66(69)57-51-45-39-33-27-21-16-12-13-18-24-30-36-42-48-54-62(2)3/h62-65H,7-61H2,1-6H3/t64?,65-/m0/s1. The van der Waals surface area contributed by atoms with Crippen LogP contribution in [0.25, 0.3) is 0 Å². The molecule has 440 valence electrons. The number of carbonyl (C=O) groups excluding carboxylic acids is 3. The highest BCUT2D eigenvalue weighted by Crippen LogP contribution is 2.20. The van der Waals surface area contributed by atoms with E-state index in [-0.39, 0.29) is 31.1 Å². The van der Waals surface area contributed by atoms with Crippen LogP contribution in [0.1, 0.15) is 382 Å². The van der Waals surface area contributed by atoms with Gasteiger partial charge in [0.1, 0.15) is 13.2 Å². The van der Waals surface area contributed by atoms with Gasteiger partial charge in [0.2, 0.25) is 0 Å². The van der Waals surface area contributed by atoms with Crippen molar-refractivity contribution < 1.29 is 28.6 Å². The van der Waals surface area contributed by atoms with Crippen molar-refractivity contribution >= 4 is 17.9 Å².